The molecule has 0 bridgehead atoms. The van der Waals surface area contributed by atoms with Crippen molar-refractivity contribution in [1.82, 2.24) is 15.2 Å². The van der Waals surface area contributed by atoms with Gasteiger partial charge in [-0.3, -0.25) is 4.98 Å². The minimum Gasteiger partial charge on any atom is -0.316 e. The third-order valence-corrected chi connectivity index (χ3v) is 3.83. The molecule has 0 radical (unpaired) electrons. The van der Waals surface area contributed by atoms with E-state index in [1.807, 2.05) is 12.4 Å². The summed E-state index contributed by atoms with van der Waals surface area (Å²) in [5.41, 5.74) is 1.39. The number of piperidine rings is 1. The molecule has 0 spiro atoms. The standard InChI is InChI=1S/C15H25N3/c1-2-18(13-15-4-3-8-17-12-15)11-7-14-5-9-16-10-6-14/h5-6,9-10,15,17H,2-4,7-8,11-13H2,1H3. The zero-order valence-corrected chi connectivity index (χ0v) is 11.4. The smallest absolute Gasteiger partial charge is 0.0270 e. The molecule has 0 amide bonds. The van der Waals surface area contributed by atoms with E-state index in [1.54, 1.807) is 0 Å². The first-order valence-corrected chi connectivity index (χ1v) is 7.20. The molecule has 1 aromatic rings. The Morgan fingerprint density at radius 3 is 2.89 bits per heavy atom. The van der Waals surface area contributed by atoms with Gasteiger partial charge in [0.05, 0.1) is 0 Å². The number of nitrogens with zero attached hydrogens (tertiary/aromatic N) is 2. The van der Waals surface area contributed by atoms with Crippen molar-refractivity contribution < 1.29 is 0 Å². The van der Waals surface area contributed by atoms with Crippen LogP contribution in [0.15, 0.2) is 24.5 Å². The predicted molar refractivity (Wildman–Crippen MR) is 75.6 cm³/mol. The minimum absolute atomic E-state index is 0.844. The van der Waals surface area contributed by atoms with E-state index >= 15 is 0 Å². The monoisotopic (exact) mass is 247 g/mol. The summed E-state index contributed by atoms with van der Waals surface area (Å²) in [5, 5.41) is 3.50. The SMILES string of the molecule is CCN(CCc1ccncc1)CC1CCCNC1. The van der Waals surface area contributed by atoms with Gasteiger partial charge < -0.3 is 10.2 Å². The van der Waals surface area contributed by atoms with Crippen LogP contribution in [0.1, 0.15) is 25.3 Å². The highest BCUT2D eigenvalue weighted by Gasteiger charge is 2.15. The van der Waals surface area contributed by atoms with E-state index in [1.165, 1.54) is 38.0 Å². The van der Waals surface area contributed by atoms with Crippen LogP contribution < -0.4 is 5.32 Å². The van der Waals surface area contributed by atoms with E-state index in [-0.39, 0.29) is 0 Å². The molecule has 1 aliphatic heterocycles. The van der Waals surface area contributed by atoms with Gasteiger partial charge in [-0.05, 0) is 62.5 Å². The molecule has 1 saturated heterocycles. The van der Waals surface area contributed by atoms with Crippen molar-refractivity contribution >= 4 is 0 Å². The highest BCUT2D eigenvalue weighted by atomic mass is 15.1. The highest BCUT2D eigenvalue weighted by Crippen LogP contribution is 2.12. The van der Waals surface area contributed by atoms with Gasteiger partial charge in [0, 0.05) is 25.5 Å². The van der Waals surface area contributed by atoms with Gasteiger partial charge in [0.15, 0.2) is 0 Å². The van der Waals surface area contributed by atoms with Crippen molar-refractivity contribution in [3.8, 4) is 0 Å². The molecular formula is C15H25N3. The molecule has 18 heavy (non-hydrogen) atoms. The van der Waals surface area contributed by atoms with Crippen LogP contribution >= 0.6 is 0 Å². The highest BCUT2D eigenvalue weighted by molar-refractivity contribution is 5.09. The van der Waals surface area contributed by atoms with Crippen molar-refractivity contribution in [2.75, 3.05) is 32.7 Å². The van der Waals surface area contributed by atoms with Crippen molar-refractivity contribution in [3.63, 3.8) is 0 Å². The quantitative estimate of drug-likeness (QED) is 0.833. The molecular weight excluding hydrogens is 222 g/mol. The Kier molecular flexibility index (Phi) is 5.62. The number of likely N-dealkylation sites (N-methyl/N-ethyl adjacent to an activating group) is 1. The molecule has 1 aromatic heterocycles. The third-order valence-electron chi connectivity index (χ3n) is 3.83. The molecule has 2 heterocycles. The Bertz CT molecular complexity index is 320. The Morgan fingerprint density at radius 1 is 1.39 bits per heavy atom. The topological polar surface area (TPSA) is 28.2 Å². The van der Waals surface area contributed by atoms with Crippen LogP contribution in [0.2, 0.25) is 0 Å². The van der Waals surface area contributed by atoms with Gasteiger partial charge in [0.25, 0.3) is 0 Å². The molecule has 3 nitrogen and oxygen atoms in total. The molecule has 0 saturated carbocycles. The lowest BCUT2D eigenvalue weighted by atomic mass is 9.99. The van der Waals surface area contributed by atoms with Crippen molar-refractivity contribution in [1.29, 1.82) is 0 Å². The van der Waals surface area contributed by atoms with Gasteiger partial charge in [-0.2, -0.15) is 0 Å². The van der Waals surface area contributed by atoms with E-state index in [0.717, 1.165) is 25.4 Å². The van der Waals surface area contributed by atoms with Crippen LogP contribution in [0, 0.1) is 5.92 Å². The van der Waals surface area contributed by atoms with Gasteiger partial charge in [0.2, 0.25) is 0 Å². The maximum atomic E-state index is 4.06. The number of pyridine rings is 1. The summed E-state index contributed by atoms with van der Waals surface area (Å²) in [5.74, 6) is 0.844. The Hall–Kier alpha value is -0.930. The number of rotatable bonds is 6. The van der Waals surface area contributed by atoms with Gasteiger partial charge in [0.1, 0.15) is 0 Å². The second-order valence-corrected chi connectivity index (χ2v) is 5.21. The van der Waals surface area contributed by atoms with Crippen LogP contribution in [-0.4, -0.2) is 42.6 Å². The second kappa shape index (κ2) is 7.49. The number of hydrogen-bond acceptors (Lipinski definition) is 3. The summed E-state index contributed by atoms with van der Waals surface area (Å²) >= 11 is 0. The molecule has 0 aliphatic carbocycles. The largest absolute Gasteiger partial charge is 0.316 e. The van der Waals surface area contributed by atoms with Gasteiger partial charge in [-0.15, -0.1) is 0 Å². The molecule has 1 atom stereocenters. The first-order chi connectivity index (χ1) is 8.88. The lowest BCUT2D eigenvalue weighted by Crippen LogP contribution is -2.39. The molecule has 1 N–H and O–H groups in total. The van der Waals surface area contributed by atoms with Crippen molar-refractivity contribution in [2.24, 2.45) is 5.92 Å². The summed E-state index contributed by atoms with van der Waals surface area (Å²) in [7, 11) is 0. The van der Waals surface area contributed by atoms with Crippen LogP contribution in [0.5, 0.6) is 0 Å². The van der Waals surface area contributed by atoms with Crippen LogP contribution in [0.3, 0.4) is 0 Å². The molecule has 100 valence electrons. The lowest BCUT2D eigenvalue weighted by molar-refractivity contribution is 0.218. The first-order valence-electron chi connectivity index (χ1n) is 7.20. The lowest BCUT2D eigenvalue weighted by Gasteiger charge is -2.29. The van der Waals surface area contributed by atoms with Crippen LogP contribution in [-0.2, 0) is 6.42 Å². The number of nitrogens with one attached hydrogen (secondary N) is 1. The van der Waals surface area contributed by atoms with E-state index < -0.39 is 0 Å². The number of hydrogen-bond donors (Lipinski definition) is 1. The Labute approximate surface area is 111 Å². The predicted octanol–water partition coefficient (Wildman–Crippen LogP) is 1.95. The fraction of sp³-hybridized carbons (Fsp3) is 0.667. The van der Waals surface area contributed by atoms with Crippen LogP contribution in [0.4, 0.5) is 0 Å². The minimum atomic E-state index is 0.844. The molecule has 2 rings (SSSR count). The summed E-state index contributed by atoms with van der Waals surface area (Å²) in [6, 6.07) is 4.24. The summed E-state index contributed by atoms with van der Waals surface area (Å²) in [6.45, 7) is 8.24. The van der Waals surface area contributed by atoms with Gasteiger partial charge >= 0.3 is 0 Å². The molecule has 1 unspecified atom stereocenters. The summed E-state index contributed by atoms with van der Waals surface area (Å²) < 4.78 is 0. The zero-order valence-electron chi connectivity index (χ0n) is 11.4. The maximum absolute atomic E-state index is 4.06. The molecule has 1 aliphatic rings. The molecule has 0 aromatic carbocycles. The van der Waals surface area contributed by atoms with Gasteiger partial charge in [-0.1, -0.05) is 6.92 Å². The number of aromatic nitrogens is 1. The fourth-order valence-corrected chi connectivity index (χ4v) is 2.66. The Balaban J connectivity index is 1.74. The van der Waals surface area contributed by atoms with Crippen molar-refractivity contribution in [2.45, 2.75) is 26.2 Å². The normalized spacial score (nSPS) is 20.2. The summed E-state index contributed by atoms with van der Waals surface area (Å²) in [4.78, 5) is 6.65. The van der Waals surface area contributed by atoms with Crippen LogP contribution in [0.25, 0.3) is 0 Å². The Morgan fingerprint density at radius 2 is 2.22 bits per heavy atom. The summed E-state index contributed by atoms with van der Waals surface area (Å²) in [6.07, 6.45) is 7.63. The average molecular weight is 247 g/mol. The zero-order chi connectivity index (χ0) is 12.6. The second-order valence-electron chi connectivity index (χ2n) is 5.21. The fourth-order valence-electron chi connectivity index (χ4n) is 2.66. The van der Waals surface area contributed by atoms with E-state index in [0.29, 0.717) is 0 Å². The maximum Gasteiger partial charge on any atom is 0.0270 e. The van der Waals surface area contributed by atoms with Crippen molar-refractivity contribution in [3.05, 3.63) is 30.1 Å². The van der Waals surface area contributed by atoms with E-state index in [9.17, 15) is 0 Å². The molecule has 3 heteroatoms. The van der Waals surface area contributed by atoms with E-state index in [2.05, 4.69) is 34.3 Å². The third kappa shape index (κ3) is 4.39. The molecule has 1 fully saturated rings. The van der Waals surface area contributed by atoms with Gasteiger partial charge in [-0.25, -0.2) is 0 Å². The van der Waals surface area contributed by atoms with E-state index in [4.69, 9.17) is 0 Å². The first kappa shape index (κ1) is 13.5. The average Bonchev–Trinajstić information content (AvgIpc) is 2.45.